The Morgan fingerprint density at radius 2 is 1.96 bits per heavy atom. The van der Waals surface area contributed by atoms with Gasteiger partial charge in [-0.2, -0.15) is 5.10 Å². The molecule has 138 valence electrons. The lowest BCUT2D eigenvalue weighted by Gasteiger charge is -2.33. The van der Waals surface area contributed by atoms with E-state index in [1.807, 2.05) is 30.3 Å². The molecule has 26 heavy (non-hydrogen) atoms. The fourth-order valence-electron chi connectivity index (χ4n) is 2.76. The summed E-state index contributed by atoms with van der Waals surface area (Å²) >= 11 is 0. The molecule has 0 radical (unpaired) electrons. The summed E-state index contributed by atoms with van der Waals surface area (Å²) in [6.07, 6.45) is 0.875. The maximum atomic E-state index is 12.8. The van der Waals surface area contributed by atoms with Crippen LogP contribution < -0.4 is 10.6 Å². The molecule has 1 aliphatic carbocycles. The highest BCUT2D eigenvalue weighted by Crippen LogP contribution is 2.42. The van der Waals surface area contributed by atoms with Crippen LogP contribution in [0.1, 0.15) is 30.3 Å². The molecule has 2 N–H and O–H groups in total. The van der Waals surface area contributed by atoms with E-state index in [1.165, 1.54) is 0 Å². The first kappa shape index (κ1) is 18.0. The van der Waals surface area contributed by atoms with E-state index in [0.29, 0.717) is 0 Å². The third kappa shape index (κ3) is 4.25. The number of rotatable bonds is 6. The van der Waals surface area contributed by atoms with Crippen molar-refractivity contribution in [2.75, 3.05) is 6.54 Å². The van der Waals surface area contributed by atoms with E-state index in [0.717, 1.165) is 5.69 Å². The highest BCUT2D eigenvalue weighted by molar-refractivity contribution is 5.92. The molecule has 3 rings (SSSR count). The normalized spacial score (nSPS) is 17.2. The van der Waals surface area contributed by atoms with Gasteiger partial charge in [0.2, 0.25) is 11.8 Å². The monoisotopic (exact) mass is 362 g/mol. The van der Waals surface area contributed by atoms with E-state index in [-0.39, 0.29) is 24.2 Å². The van der Waals surface area contributed by atoms with Crippen molar-refractivity contribution >= 4 is 11.8 Å². The average Bonchev–Trinajstić information content (AvgIpc) is 3.08. The zero-order valence-corrected chi connectivity index (χ0v) is 14.3. The van der Waals surface area contributed by atoms with Gasteiger partial charge in [0, 0.05) is 37.5 Å². The van der Waals surface area contributed by atoms with Crippen LogP contribution in [0.3, 0.4) is 0 Å². The third-order valence-corrected chi connectivity index (χ3v) is 4.26. The molecule has 1 fully saturated rings. The van der Waals surface area contributed by atoms with Crippen molar-refractivity contribution in [3.05, 3.63) is 48.3 Å². The zero-order valence-electron chi connectivity index (χ0n) is 14.3. The number of nitrogens with one attached hydrogen (secondary N) is 2. The van der Waals surface area contributed by atoms with Gasteiger partial charge in [-0.15, -0.1) is 0 Å². The van der Waals surface area contributed by atoms with Gasteiger partial charge in [0.1, 0.15) is 0 Å². The van der Waals surface area contributed by atoms with Crippen LogP contribution in [0, 0.1) is 5.92 Å². The first-order valence-electron chi connectivity index (χ1n) is 8.41. The van der Waals surface area contributed by atoms with Crippen molar-refractivity contribution in [3.8, 4) is 5.69 Å². The lowest BCUT2D eigenvalue weighted by Crippen LogP contribution is -2.48. The zero-order chi connectivity index (χ0) is 18.7. The van der Waals surface area contributed by atoms with Gasteiger partial charge in [-0.25, -0.2) is 13.5 Å². The average molecular weight is 362 g/mol. The largest absolute Gasteiger partial charge is 0.354 e. The van der Waals surface area contributed by atoms with Crippen LogP contribution in [-0.2, 0) is 4.79 Å². The summed E-state index contributed by atoms with van der Waals surface area (Å²) in [4.78, 5) is 24.0. The maximum Gasteiger partial charge on any atom is 0.272 e. The molecular formula is C18H20F2N4O2. The summed E-state index contributed by atoms with van der Waals surface area (Å²) in [6, 6.07) is 10.6. The van der Waals surface area contributed by atoms with Gasteiger partial charge in [0.05, 0.1) is 5.69 Å². The van der Waals surface area contributed by atoms with Crippen molar-refractivity contribution in [1.29, 1.82) is 0 Å². The predicted molar refractivity (Wildman–Crippen MR) is 91.2 cm³/mol. The Bertz CT molecular complexity index is 783. The number of para-hydroxylation sites is 1. The van der Waals surface area contributed by atoms with Crippen LogP contribution in [0.5, 0.6) is 0 Å². The minimum atomic E-state index is -2.72. The van der Waals surface area contributed by atoms with Gasteiger partial charge in [-0.05, 0) is 25.1 Å². The molecule has 1 aromatic heterocycles. The molecule has 0 spiro atoms. The van der Waals surface area contributed by atoms with Crippen molar-refractivity contribution in [3.63, 3.8) is 0 Å². The molecule has 0 aliphatic heterocycles. The Morgan fingerprint density at radius 3 is 2.62 bits per heavy atom. The molecule has 1 aliphatic rings. The second-order valence-corrected chi connectivity index (χ2v) is 6.56. The molecule has 8 heteroatoms. The second kappa shape index (κ2) is 7.23. The molecular weight excluding hydrogens is 342 g/mol. The van der Waals surface area contributed by atoms with Gasteiger partial charge >= 0.3 is 0 Å². The molecule has 1 aromatic carbocycles. The summed E-state index contributed by atoms with van der Waals surface area (Å²) in [6.45, 7) is 1.90. The summed E-state index contributed by atoms with van der Waals surface area (Å²) in [5.74, 6) is -4.13. The van der Waals surface area contributed by atoms with Crippen LogP contribution in [0.4, 0.5) is 8.78 Å². The Hall–Kier alpha value is -2.77. The van der Waals surface area contributed by atoms with Crippen LogP contribution in [0.15, 0.2) is 42.6 Å². The quantitative estimate of drug-likeness (QED) is 0.827. The number of alkyl halides is 2. The predicted octanol–water partition coefficient (Wildman–Crippen LogP) is 2.15. The smallest absolute Gasteiger partial charge is 0.272 e. The number of amides is 2. The Balaban J connectivity index is 1.47. The molecule has 2 aromatic rings. The number of hydrogen-bond acceptors (Lipinski definition) is 3. The van der Waals surface area contributed by atoms with E-state index in [9.17, 15) is 18.4 Å². The summed E-state index contributed by atoms with van der Waals surface area (Å²) in [7, 11) is 0. The fourth-order valence-corrected chi connectivity index (χ4v) is 2.76. The molecule has 1 atom stereocenters. The fraction of sp³-hybridized carbons (Fsp3) is 0.389. The summed E-state index contributed by atoms with van der Waals surface area (Å²) in [5, 5.41) is 9.56. The van der Waals surface area contributed by atoms with Crippen LogP contribution in [0.25, 0.3) is 5.69 Å². The topological polar surface area (TPSA) is 76.0 Å². The molecule has 6 nitrogen and oxygen atoms in total. The molecule has 1 saturated carbocycles. The van der Waals surface area contributed by atoms with Gasteiger partial charge in [-0.3, -0.25) is 9.59 Å². The van der Waals surface area contributed by atoms with Crippen molar-refractivity contribution in [2.24, 2.45) is 5.92 Å². The van der Waals surface area contributed by atoms with Crippen LogP contribution in [-0.4, -0.2) is 40.1 Å². The first-order valence-corrected chi connectivity index (χ1v) is 8.41. The van der Waals surface area contributed by atoms with Gasteiger partial charge < -0.3 is 10.6 Å². The van der Waals surface area contributed by atoms with E-state index in [2.05, 4.69) is 15.7 Å². The summed E-state index contributed by atoms with van der Waals surface area (Å²) in [5.41, 5.74) is 1.09. The number of carbonyl (C=O) groups excluding carboxylic acids is 2. The van der Waals surface area contributed by atoms with E-state index in [4.69, 9.17) is 0 Å². The first-order chi connectivity index (χ1) is 12.3. The van der Waals surface area contributed by atoms with Crippen LogP contribution in [0.2, 0.25) is 0 Å². The lowest BCUT2D eigenvalue weighted by molar-refractivity contribution is -0.150. The van der Waals surface area contributed by atoms with E-state index in [1.54, 1.807) is 23.9 Å². The van der Waals surface area contributed by atoms with Crippen molar-refractivity contribution < 1.29 is 18.4 Å². The van der Waals surface area contributed by atoms with Gasteiger partial charge in [0.15, 0.2) is 5.69 Å². The minimum Gasteiger partial charge on any atom is -0.354 e. The van der Waals surface area contributed by atoms with E-state index < -0.39 is 30.6 Å². The molecule has 2 amide bonds. The third-order valence-electron chi connectivity index (χ3n) is 4.26. The number of hydrogen-bond donors (Lipinski definition) is 2. The van der Waals surface area contributed by atoms with Crippen molar-refractivity contribution in [2.45, 2.75) is 31.7 Å². The molecule has 0 bridgehead atoms. The number of carbonyl (C=O) groups is 2. The minimum absolute atomic E-state index is 0.173. The van der Waals surface area contributed by atoms with Crippen molar-refractivity contribution in [1.82, 2.24) is 20.4 Å². The summed E-state index contributed by atoms with van der Waals surface area (Å²) < 4.78 is 27.2. The number of benzene rings is 1. The van der Waals surface area contributed by atoms with Gasteiger partial charge in [0.25, 0.3) is 5.91 Å². The lowest BCUT2D eigenvalue weighted by atomic mass is 9.81. The van der Waals surface area contributed by atoms with E-state index >= 15 is 0 Å². The number of halogens is 2. The maximum absolute atomic E-state index is 12.8. The SMILES string of the molecule is C[C@H](CNC(=O)C1CC(F)(F)C1)NC(=O)c1ccn(-c2ccccc2)n1. The number of nitrogens with zero attached hydrogens (tertiary/aromatic N) is 2. The number of aromatic nitrogens is 2. The molecule has 0 unspecified atom stereocenters. The highest BCUT2D eigenvalue weighted by Gasteiger charge is 2.48. The second-order valence-electron chi connectivity index (χ2n) is 6.56. The Kier molecular flexibility index (Phi) is 5.01. The Labute approximate surface area is 149 Å². The standard InChI is InChI=1S/C18H20F2N4O2/c1-12(11-21-16(25)13-9-18(19,20)10-13)22-17(26)15-7-8-24(23-15)14-5-3-2-4-6-14/h2-8,12-13H,9-11H2,1H3,(H,21,25)(H,22,26)/t12-/m1/s1. The Morgan fingerprint density at radius 1 is 1.27 bits per heavy atom. The highest BCUT2D eigenvalue weighted by atomic mass is 19.3. The van der Waals surface area contributed by atoms with Gasteiger partial charge in [-0.1, -0.05) is 18.2 Å². The van der Waals surface area contributed by atoms with Crippen LogP contribution >= 0.6 is 0 Å². The molecule has 0 saturated heterocycles. The molecule has 1 heterocycles.